The molecule has 1 aromatic carbocycles. The van der Waals surface area contributed by atoms with Crippen LogP contribution in [0.25, 0.3) is 0 Å². The molecule has 1 fully saturated rings. The maximum Gasteiger partial charge on any atom is 0.328 e. The van der Waals surface area contributed by atoms with Crippen LogP contribution in [0.2, 0.25) is 5.02 Å². The van der Waals surface area contributed by atoms with Gasteiger partial charge in [0.15, 0.2) is 15.5 Å². The van der Waals surface area contributed by atoms with E-state index in [1.54, 1.807) is 12.1 Å². The van der Waals surface area contributed by atoms with Gasteiger partial charge in [-0.2, -0.15) is 5.26 Å². The summed E-state index contributed by atoms with van der Waals surface area (Å²) < 4.78 is 30.9. The quantitative estimate of drug-likeness (QED) is 0.703. The van der Waals surface area contributed by atoms with Gasteiger partial charge in [-0.05, 0) is 18.6 Å². The molecule has 0 radical (unpaired) electrons. The second-order valence-electron chi connectivity index (χ2n) is 5.90. The molecule has 3 rings (SSSR count). The Morgan fingerprint density at radius 2 is 2.11 bits per heavy atom. The molecular formula is C17H15ClN4O4S. The molecule has 140 valence electrons. The van der Waals surface area contributed by atoms with Crippen LogP contribution in [0, 0.1) is 11.3 Å². The molecular weight excluding hydrogens is 392 g/mol. The van der Waals surface area contributed by atoms with Gasteiger partial charge in [0.1, 0.15) is 17.9 Å². The van der Waals surface area contributed by atoms with Crippen molar-refractivity contribution >= 4 is 33.2 Å². The molecule has 1 aliphatic rings. The minimum Gasteiger partial charge on any atom is -0.467 e. The van der Waals surface area contributed by atoms with Gasteiger partial charge in [0.2, 0.25) is 0 Å². The van der Waals surface area contributed by atoms with E-state index in [1.165, 1.54) is 36.5 Å². The summed E-state index contributed by atoms with van der Waals surface area (Å²) >= 11 is 6.06. The third-order valence-corrected chi connectivity index (χ3v) is 6.98. The monoisotopic (exact) mass is 406 g/mol. The average molecular weight is 407 g/mol. The predicted molar refractivity (Wildman–Crippen MR) is 96.9 cm³/mol. The number of rotatable bonds is 4. The van der Waals surface area contributed by atoms with Crippen LogP contribution in [0.4, 0.5) is 5.82 Å². The average Bonchev–Trinajstić information content (AvgIpc) is 3.14. The molecule has 0 saturated carbocycles. The Bertz CT molecular complexity index is 1020. The zero-order chi connectivity index (χ0) is 19.6. The van der Waals surface area contributed by atoms with E-state index in [4.69, 9.17) is 21.6 Å². The number of esters is 1. The minimum absolute atomic E-state index is 0.00309. The van der Waals surface area contributed by atoms with Crippen LogP contribution in [0.1, 0.15) is 12.1 Å². The number of nitriles is 1. The summed E-state index contributed by atoms with van der Waals surface area (Å²) in [5.41, 5.74) is 0.0635. The van der Waals surface area contributed by atoms with Gasteiger partial charge >= 0.3 is 5.97 Å². The molecule has 2 aromatic rings. The van der Waals surface area contributed by atoms with Crippen LogP contribution in [0.3, 0.4) is 0 Å². The Kier molecular flexibility index (Phi) is 5.30. The fraction of sp³-hybridized carbons (Fsp3) is 0.294. The van der Waals surface area contributed by atoms with Gasteiger partial charge in [-0.25, -0.2) is 18.2 Å². The van der Waals surface area contributed by atoms with Crippen molar-refractivity contribution in [2.45, 2.75) is 22.6 Å². The first-order valence-electron chi connectivity index (χ1n) is 7.93. The van der Waals surface area contributed by atoms with Crippen molar-refractivity contribution in [3.63, 3.8) is 0 Å². The van der Waals surface area contributed by atoms with Crippen LogP contribution >= 0.6 is 11.6 Å². The summed E-state index contributed by atoms with van der Waals surface area (Å²) in [4.78, 5) is 21.8. The number of sulfone groups is 1. The summed E-state index contributed by atoms with van der Waals surface area (Å²) in [6, 6.07) is 7.18. The summed E-state index contributed by atoms with van der Waals surface area (Å²) in [7, 11) is -2.57. The molecule has 10 heteroatoms. The van der Waals surface area contributed by atoms with Crippen LogP contribution < -0.4 is 4.90 Å². The zero-order valence-corrected chi connectivity index (χ0v) is 15.8. The Labute approximate surface area is 161 Å². The maximum absolute atomic E-state index is 13.1. The van der Waals surface area contributed by atoms with E-state index < -0.39 is 27.1 Å². The highest BCUT2D eigenvalue weighted by Crippen LogP contribution is 2.33. The van der Waals surface area contributed by atoms with Crippen molar-refractivity contribution < 1.29 is 17.9 Å². The number of halogens is 1. The number of carbonyl (C=O) groups excluding carboxylic acids is 1. The molecule has 1 aromatic heterocycles. The SMILES string of the molecule is COC(=O)C1CC(S(=O)(=O)c2ccccc2Cl)CN1c1cncc(C#N)n1. The Balaban J connectivity index is 2.00. The Hall–Kier alpha value is -2.70. The van der Waals surface area contributed by atoms with Gasteiger partial charge in [0, 0.05) is 6.54 Å². The number of carbonyl (C=O) groups is 1. The molecule has 0 N–H and O–H groups in total. The van der Waals surface area contributed by atoms with Crippen LogP contribution in [-0.4, -0.2) is 49.3 Å². The van der Waals surface area contributed by atoms with E-state index in [9.17, 15) is 13.2 Å². The van der Waals surface area contributed by atoms with Gasteiger partial charge < -0.3 is 9.64 Å². The van der Waals surface area contributed by atoms with Crippen molar-refractivity contribution in [3.8, 4) is 6.07 Å². The third-order valence-electron chi connectivity index (χ3n) is 4.35. The zero-order valence-electron chi connectivity index (χ0n) is 14.2. The van der Waals surface area contributed by atoms with Crippen LogP contribution in [-0.2, 0) is 19.4 Å². The first-order chi connectivity index (χ1) is 12.9. The molecule has 2 unspecified atom stereocenters. The molecule has 1 aliphatic heterocycles. The summed E-state index contributed by atoms with van der Waals surface area (Å²) in [5, 5.41) is 8.24. The largest absolute Gasteiger partial charge is 0.467 e. The Morgan fingerprint density at radius 1 is 1.37 bits per heavy atom. The smallest absolute Gasteiger partial charge is 0.328 e. The second kappa shape index (κ2) is 7.50. The summed E-state index contributed by atoms with van der Waals surface area (Å²) in [5.74, 6) is -0.350. The number of methoxy groups -OCH3 is 1. The van der Waals surface area contributed by atoms with E-state index in [0.717, 1.165) is 0 Å². The number of aromatic nitrogens is 2. The van der Waals surface area contributed by atoms with Gasteiger partial charge in [0.05, 0.1) is 34.7 Å². The molecule has 0 aliphatic carbocycles. The molecule has 0 bridgehead atoms. The van der Waals surface area contributed by atoms with E-state index in [-0.39, 0.29) is 34.4 Å². The highest BCUT2D eigenvalue weighted by molar-refractivity contribution is 7.92. The van der Waals surface area contributed by atoms with Gasteiger partial charge in [0.25, 0.3) is 0 Å². The molecule has 1 saturated heterocycles. The number of anilines is 1. The lowest BCUT2D eigenvalue weighted by Gasteiger charge is -2.23. The highest BCUT2D eigenvalue weighted by atomic mass is 35.5. The molecule has 0 amide bonds. The summed E-state index contributed by atoms with van der Waals surface area (Å²) in [6.45, 7) is -0.00309. The fourth-order valence-electron chi connectivity index (χ4n) is 3.04. The lowest BCUT2D eigenvalue weighted by molar-refractivity contribution is -0.141. The first-order valence-corrected chi connectivity index (χ1v) is 9.86. The van der Waals surface area contributed by atoms with Crippen LogP contribution in [0.5, 0.6) is 0 Å². The van der Waals surface area contributed by atoms with E-state index in [2.05, 4.69) is 9.97 Å². The number of ether oxygens (including phenoxy) is 1. The van der Waals surface area contributed by atoms with Crippen molar-refractivity contribution in [2.24, 2.45) is 0 Å². The molecule has 0 spiro atoms. The van der Waals surface area contributed by atoms with Gasteiger partial charge in [-0.1, -0.05) is 23.7 Å². The number of hydrogen-bond acceptors (Lipinski definition) is 8. The van der Waals surface area contributed by atoms with Crippen molar-refractivity contribution in [3.05, 3.63) is 47.4 Å². The fourth-order valence-corrected chi connectivity index (χ4v) is 5.26. The molecule has 27 heavy (non-hydrogen) atoms. The highest BCUT2D eigenvalue weighted by Gasteiger charge is 2.45. The number of hydrogen-bond donors (Lipinski definition) is 0. The van der Waals surface area contributed by atoms with Gasteiger partial charge in [-0.15, -0.1) is 0 Å². The number of nitrogens with zero attached hydrogens (tertiary/aromatic N) is 4. The number of benzene rings is 1. The van der Waals surface area contributed by atoms with Crippen molar-refractivity contribution in [1.29, 1.82) is 5.26 Å². The summed E-state index contributed by atoms with van der Waals surface area (Å²) in [6.07, 6.45) is 2.67. The second-order valence-corrected chi connectivity index (χ2v) is 8.50. The Morgan fingerprint density at radius 3 is 2.78 bits per heavy atom. The van der Waals surface area contributed by atoms with E-state index in [1.807, 2.05) is 6.07 Å². The normalized spacial score (nSPS) is 19.5. The lowest BCUT2D eigenvalue weighted by Crippen LogP contribution is -2.37. The van der Waals surface area contributed by atoms with Crippen molar-refractivity contribution in [1.82, 2.24) is 9.97 Å². The lowest BCUT2D eigenvalue weighted by atomic mass is 10.2. The predicted octanol–water partition coefficient (Wildman–Crippen LogP) is 1.60. The minimum atomic E-state index is -3.80. The van der Waals surface area contributed by atoms with E-state index >= 15 is 0 Å². The molecule has 8 nitrogen and oxygen atoms in total. The third kappa shape index (κ3) is 3.59. The molecule has 2 atom stereocenters. The maximum atomic E-state index is 13.1. The topological polar surface area (TPSA) is 113 Å². The van der Waals surface area contributed by atoms with Gasteiger partial charge in [-0.3, -0.25) is 4.98 Å². The van der Waals surface area contributed by atoms with Crippen LogP contribution in [0.15, 0.2) is 41.6 Å². The molecule has 2 heterocycles. The van der Waals surface area contributed by atoms with E-state index in [0.29, 0.717) is 0 Å². The van der Waals surface area contributed by atoms with Crippen molar-refractivity contribution in [2.75, 3.05) is 18.6 Å². The standard InChI is InChI=1S/C17H15ClN4O4S/c1-26-17(23)14-6-12(27(24,25)15-5-3-2-4-13(15)18)10-22(14)16-9-20-8-11(7-19)21-16/h2-5,8-9,12,14H,6,10H2,1H3. The first kappa shape index (κ1) is 19.1.